The summed E-state index contributed by atoms with van der Waals surface area (Å²) in [7, 11) is 0. The molecule has 0 spiro atoms. The van der Waals surface area contributed by atoms with Crippen molar-refractivity contribution in [3.63, 3.8) is 0 Å². The zero-order valence-corrected chi connectivity index (χ0v) is 8.35. The highest BCUT2D eigenvalue weighted by molar-refractivity contribution is 6.17. The number of nitrogens with one attached hydrogen (secondary N) is 1. The molecule has 1 aromatic carbocycles. The van der Waals surface area contributed by atoms with Gasteiger partial charge in [-0.1, -0.05) is 18.2 Å². The molecular weight excluding hydrogens is 182 g/mol. The van der Waals surface area contributed by atoms with Crippen LogP contribution < -0.4 is 5.32 Å². The summed E-state index contributed by atoms with van der Waals surface area (Å²) >= 11 is 5.75. The van der Waals surface area contributed by atoms with Crippen molar-refractivity contribution in [1.29, 1.82) is 0 Å². The second kappa shape index (κ2) is 3.59. The highest BCUT2D eigenvalue weighted by Crippen LogP contribution is 2.42. The van der Waals surface area contributed by atoms with Crippen molar-refractivity contribution in [2.45, 2.75) is 24.8 Å². The number of hydrogen-bond acceptors (Lipinski definition) is 1. The summed E-state index contributed by atoms with van der Waals surface area (Å²) in [5, 5.41) is 3.55. The Kier molecular flexibility index (Phi) is 2.45. The predicted octanol–water partition coefficient (Wildman–Crippen LogP) is 3.26. The van der Waals surface area contributed by atoms with Crippen LogP contribution in [0.1, 0.15) is 19.3 Å². The summed E-state index contributed by atoms with van der Waals surface area (Å²) < 4.78 is 0. The normalized spacial score (nSPS) is 18.2. The van der Waals surface area contributed by atoms with Gasteiger partial charge >= 0.3 is 0 Å². The molecule has 2 rings (SSSR count). The van der Waals surface area contributed by atoms with Crippen LogP contribution in [-0.4, -0.2) is 11.4 Å². The maximum atomic E-state index is 5.75. The highest BCUT2D eigenvalue weighted by atomic mass is 35.5. The summed E-state index contributed by atoms with van der Waals surface area (Å²) in [6, 6.07) is 10.4. The van der Waals surface area contributed by atoms with Crippen molar-refractivity contribution in [1.82, 2.24) is 0 Å². The Labute approximate surface area is 84.1 Å². The van der Waals surface area contributed by atoms with Crippen LogP contribution in [0.25, 0.3) is 0 Å². The molecule has 1 fully saturated rings. The molecule has 0 unspecified atom stereocenters. The molecule has 1 aliphatic rings. The molecule has 2 heteroatoms. The number of hydrogen-bond donors (Lipinski definition) is 1. The fraction of sp³-hybridized carbons (Fsp3) is 0.455. The van der Waals surface area contributed by atoms with Crippen molar-refractivity contribution < 1.29 is 0 Å². The Morgan fingerprint density at radius 3 is 2.46 bits per heavy atom. The molecule has 1 saturated carbocycles. The lowest BCUT2D eigenvalue weighted by atomic mass is 10.2. The van der Waals surface area contributed by atoms with Gasteiger partial charge in [0, 0.05) is 17.1 Å². The van der Waals surface area contributed by atoms with E-state index in [2.05, 4.69) is 29.6 Å². The first kappa shape index (κ1) is 8.89. The minimum atomic E-state index is 0.323. The Morgan fingerprint density at radius 1 is 1.23 bits per heavy atom. The van der Waals surface area contributed by atoms with Crippen LogP contribution in [0.2, 0.25) is 0 Å². The molecule has 1 nitrogen and oxygen atoms in total. The van der Waals surface area contributed by atoms with E-state index in [-0.39, 0.29) is 0 Å². The standard InChI is InChI=1S/C11H14ClN/c12-9-8-11(6-7-11)13-10-4-2-1-3-5-10/h1-5,13H,6-9H2. The van der Waals surface area contributed by atoms with Gasteiger partial charge in [-0.3, -0.25) is 0 Å². The summed E-state index contributed by atoms with van der Waals surface area (Å²) in [6.07, 6.45) is 3.59. The average Bonchev–Trinajstić information content (AvgIpc) is 2.87. The van der Waals surface area contributed by atoms with Crippen molar-refractivity contribution in [2.24, 2.45) is 0 Å². The quantitative estimate of drug-likeness (QED) is 0.728. The molecule has 0 radical (unpaired) electrons. The summed E-state index contributed by atoms with van der Waals surface area (Å²) in [5.74, 6) is 0.750. The molecule has 1 N–H and O–H groups in total. The first-order valence-electron chi connectivity index (χ1n) is 4.74. The van der Waals surface area contributed by atoms with Crippen molar-refractivity contribution >= 4 is 17.3 Å². The third kappa shape index (κ3) is 2.16. The molecule has 13 heavy (non-hydrogen) atoms. The third-order valence-electron chi connectivity index (χ3n) is 2.61. The molecule has 0 aliphatic heterocycles. The van der Waals surface area contributed by atoms with Crippen LogP contribution in [-0.2, 0) is 0 Å². The zero-order chi connectivity index (χ0) is 9.15. The Balaban J connectivity index is 1.98. The first-order valence-corrected chi connectivity index (χ1v) is 5.27. The van der Waals surface area contributed by atoms with Crippen LogP contribution in [0.15, 0.2) is 30.3 Å². The van der Waals surface area contributed by atoms with Gasteiger partial charge in [-0.25, -0.2) is 0 Å². The molecule has 0 amide bonds. The molecule has 0 aromatic heterocycles. The van der Waals surface area contributed by atoms with Gasteiger partial charge in [-0.05, 0) is 31.4 Å². The zero-order valence-electron chi connectivity index (χ0n) is 7.59. The average molecular weight is 196 g/mol. The first-order chi connectivity index (χ1) is 6.35. The Morgan fingerprint density at radius 2 is 1.92 bits per heavy atom. The van der Waals surface area contributed by atoms with E-state index in [4.69, 9.17) is 11.6 Å². The number of rotatable bonds is 4. The van der Waals surface area contributed by atoms with E-state index in [1.165, 1.54) is 18.5 Å². The maximum absolute atomic E-state index is 5.75. The minimum Gasteiger partial charge on any atom is -0.380 e. The van der Waals surface area contributed by atoms with Crippen molar-refractivity contribution in [3.05, 3.63) is 30.3 Å². The molecule has 1 aliphatic carbocycles. The molecule has 0 saturated heterocycles. The lowest BCUT2D eigenvalue weighted by Gasteiger charge is -2.17. The molecule has 0 bridgehead atoms. The fourth-order valence-electron chi connectivity index (χ4n) is 1.60. The van der Waals surface area contributed by atoms with Gasteiger partial charge in [0.1, 0.15) is 0 Å². The van der Waals surface area contributed by atoms with E-state index >= 15 is 0 Å². The lowest BCUT2D eigenvalue weighted by molar-refractivity contribution is 0.706. The highest BCUT2D eigenvalue weighted by Gasteiger charge is 2.41. The van der Waals surface area contributed by atoms with Crippen LogP contribution >= 0.6 is 11.6 Å². The Bertz CT molecular complexity index is 267. The summed E-state index contributed by atoms with van der Waals surface area (Å²) in [6.45, 7) is 0. The predicted molar refractivity (Wildman–Crippen MR) is 57.4 cm³/mol. The number of benzene rings is 1. The van der Waals surface area contributed by atoms with E-state index in [9.17, 15) is 0 Å². The van der Waals surface area contributed by atoms with Gasteiger partial charge < -0.3 is 5.32 Å². The number of anilines is 1. The fourth-order valence-corrected chi connectivity index (χ4v) is 1.96. The molecule has 1 aromatic rings. The van der Waals surface area contributed by atoms with Gasteiger partial charge in [-0.2, -0.15) is 0 Å². The van der Waals surface area contributed by atoms with Crippen LogP contribution in [0.5, 0.6) is 0 Å². The third-order valence-corrected chi connectivity index (χ3v) is 2.80. The monoisotopic (exact) mass is 195 g/mol. The minimum absolute atomic E-state index is 0.323. The van der Waals surface area contributed by atoms with Crippen LogP contribution in [0, 0.1) is 0 Å². The van der Waals surface area contributed by atoms with Gasteiger partial charge in [0.25, 0.3) is 0 Å². The molecule has 0 heterocycles. The summed E-state index contributed by atoms with van der Waals surface area (Å²) in [5.41, 5.74) is 1.54. The molecule has 0 atom stereocenters. The van der Waals surface area contributed by atoms with E-state index in [1.54, 1.807) is 0 Å². The van der Waals surface area contributed by atoms with E-state index in [1.807, 2.05) is 6.07 Å². The molecular formula is C11H14ClN. The smallest absolute Gasteiger partial charge is 0.0386 e. The number of halogens is 1. The van der Waals surface area contributed by atoms with Gasteiger partial charge in [0.2, 0.25) is 0 Å². The van der Waals surface area contributed by atoms with Crippen LogP contribution in [0.3, 0.4) is 0 Å². The largest absolute Gasteiger partial charge is 0.380 e. The SMILES string of the molecule is ClCCC1(Nc2ccccc2)CC1. The van der Waals surface area contributed by atoms with Crippen LogP contribution in [0.4, 0.5) is 5.69 Å². The van der Waals surface area contributed by atoms with E-state index < -0.39 is 0 Å². The lowest BCUT2D eigenvalue weighted by Crippen LogP contribution is -2.21. The van der Waals surface area contributed by atoms with E-state index in [0.29, 0.717) is 5.54 Å². The Hall–Kier alpha value is -0.690. The van der Waals surface area contributed by atoms with Gasteiger partial charge in [-0.15, -0.1) is 11.6 Å². The topological polar surface area (TPSA) is 12.0 Å². The maximum Gasteiger partial charge on any atom is 0.0386 e. The van der Waals surface area contributed by atoms with E-state index in [0.717, 1.165) is 12.3 Å². The number of alkyl halides is 1. The number of para-hydroxylation sites is 1. The second-order valence-corrected chi connectivity index (χ2v) is 4.09. The molecule has 70 valence electrons. The van der Waals surface area contributed by atoms with Crippen molar-refractivity contribution in [2.75, 3.05) is 11.2 Å². The van der Waals surface area contributed by atoms with Gasteiger partial charge in [0.15, 0.2) is 0 Å². The van der Waals surface area contributed by atoms with Gasteiger partial charge in [0.05, 0.1) is 0 Å². The second-order valence-electron chi connectivity index (χ2n) is 3.71. The summed E-state index contributed by atoms with van der Waals surface area (Å²) in [4.78, 5) is 0. The van der Waals surface area contributed by atoms with Crippen molar-refractivity contribution in [3.8, 4) is 0 Å².